The summed E-state index contributed by atoms with van der Waals surface area (Å²) < 4.78 is 10.7. The third kappa shape index (κ3) is 6.51. The van der Waals surface area contributed by atoms with Crippen molar-refractivity contribution in [1.82, 2.24) is 5.32 Å². The van der Waals surface area contributed by atoms with Gasteiger partial charge in [-0.3, -0.25) is 14.4 Å². The molecule has 1 heterocycles. The van der Waals surface area contributed by atoms with E-state index in [2.05, 4.69) is 5.32 Å². The summed E-state index contributed by atoms with van der Waals surface area (Å²) in [6.45, 7) is 7.13. The van der Waals surface area contributed by atoms with Crippen molar-refractivity contribution in [2.75, 3.05) is 0 Å². The Labute approximate surface area is 195 Å². The molecule has 0 aromatic heterocycles. The van der Waals surface area contributed by atoms with Crippen LogP contribution < -0.4 is 5.32 Å². The van der Waals surface area contributed by atoms with Gasteiger partial charge in [-0.15, -0.1) is 0 Å². The molecule has 1 saturated heterocycles. The molecule has 2 aromatic rings. The highest BCUT2D eigenvalue weighted by molar-refractivity contribution is 5.92. The number of carbonyl (C=O) groups excluding carboxylic acids is 3. The Balaban J connectivity index is 1.99. The third-order valence-electron chi connectivity index (χ3n) is 5.72. The average Bonchev–Trinajstić information content (AvgIpc) is 2.76. The lowest BCUT2D eigenvalue weighted by Crippen LogP contribution is -2.50. The highest BCUT2D eigenvalue weighted by Gasteiger charge is 2.46. The molecule has 0 saturated carbocycles. The summed E-state index contributed by atoms with van der Waals surface area (Å²) in [6, 6.07) is 18.5. The molecule has 0 aliphatic carbocycles. The van der Waals surface area contributed by atoms with Crippen LogP contribution in [0.5, 0.6) is 0 Å². The SMILES string of the molecule is CC(C)OC(=O)CC1C(=O)C(CC(=O)OC(C)C)C(c2ccccc2)NC1c1ccccc1. The summed E-state index contributed by atoms with van der Waals surface area (Å²) in [4.78, 5) is 39.0. The molecular formula is C27H33NO5. The van der Waals surface area contributed by atoms with E-state index in [4.69, 9.17) is 9.47 Å². The number of carbonyl (C=O) groups is 3. The van der Waals surface area contributed by atoms with Crippen molar-refractivity contribution in [2.45, 2.75) is 64.8 Å². The largest absolute Gasteiger partial charge is 0.463 e. The van der Waals surface area contributed by atoms with Gasteiger partial charge in [-0.05, 0) is 38.8 Å². The average molecular weight is 452 g/mol. The second kappa shape index (κ2) is 11.2. The van der Waals surface area contributed by atoms with Crippen molar-refractivity contribution < 1.29 is 23.9 Å². The summed E-state index contributed by atoms with van der Waals surface area (Å²) in [7, 11) is 0. The molecule has 176 valence electrons. The lowest BCUT2D eigenvalue weighted by atomic mass is 9.72. The van der Waals surface area contributed by atoms with Crippen molar-refractivity contribution in [3.05, 3.63) is 71.8 Å². The second-order valence-electron chi connectivity index (χ2n) is 9.04. The Morgan fingerprint density at radius 3 is 1.42 bits per heavy atom. The van der Waals surface area contributed by atoms with Gasteiger partial charge in [0.25, 0.3) is 0 Å². The van der Waals surface area contributed by atoms with E-state index < -0.39 is 23.8 Å². The molecule has 6 heteroatoms. The number of Topliss-reactive ketones (excluding diaryl/α,β-unsaturated/α-hetero) is 1. The molecule has 33 heavy (non-hydrogen) atoms. The molecule has 0 amide bonds. The summed E-state index contributed by atoms with van der Waals surface area (Å²) in [5.41, 5.74) is 1.83. The van der Waals surface area contributed by atoms with E-state index in [0.717, 1.165) is 11.1 Å². The molecule has 1 N–H and O–H groups in total. The van der Waals surface area contributed by atoms with E-state index in [9.17, 15) is 14.4 Å². The van der Waals surface area contributed by atoms with Gasteiger partial charge < -0.3 is 14.8 Å². The molecule has 0 radical (unpaired) electrons. The molecule has 6 nitrogen and oxygen atoms in total. The quantitative estimate of drug-likeness (QED) is 0.593. The van der Waals surface area contributed by atoms with Crippen molar-refractivity contribution in [1.29, 1.82) is 0 Å². The monoisotopic (exact) mass is 451 g/mol. The normalized spacial score (nSPS) is 22.9. The Bertz CT molecular complexity index is 866. The smallest absolute Gasteiger partial charge is 0.306 e. The zero-order chi connectivity index (χ0) is 24.0. The van der Waals surface area contributed by atoms with Gasteiger partial charge in [-0.1, -0.05) is 60.7 Å². The van der Waals surface area contributed by atoms with Crippen LogP contribution in [-0.2, 0) is 23.9 Å². The maximum Gasteiger partial charge on any atom is 0.306 e. The second-order valence-corrected chi connectivity index (χ2v) is 9.04. The molecule has 2 aromatic carbocycles. The molecule has 1 aliphatic heterocycles. The van der Waals surface area contributed by atoms with Gasteiger partial charge in [0.1, 0.15) is 5.78 Å². The number of benzene rings is 2. The summed E-state index contributed by atoms with van der Waals surface area (Å²) in [5, 5.41) is 3.60. The van der Waals surface area contributed by atoms with Crippen molar-refractivity contribution in [3.63, 3.8) is 0 Å². The number of ketones is 1. The van der Waals surface area contributed by atoms with Gasteiger partial charge in [-0.25, -0.2) is 0 Å². The number of ether oxygens (including phenoxy) is 2. The van der Waals surface area contributed by atoms with Crippen LogP contribution in [0.1, 0.15) is 63.7 Å². The van der Waals surface area contributed by atoms with Crippen LogP contribution in [0.4, 0.5) is 0 Å². The van der Waals surface area contributed by atoms with Crippen LogP contribution in [0.3, 0.4) is 0 Å². The number of esters is 2. The van der Waals surface area contributed by atoms with E-state index in [0.29, 0.717) is 0 Å². The zero-order valence-corrected chi connectivity index (χ0v) is 19.7. The van der Waals surface area contributed by atoms with E-state index in [1.165, 1.54) is 0 Å². The predicted octanol–water partition coefficient (Wildman–Crippen LogP) is 4.56. The number of nitrogens with one attached hydrogen (secondary N) is 1. The molecular weight excluding hydrogens is 418 g/mol. The Morgan fingerprint density at radius 2 is 1.09 bits per heavy atom. The Kier molecular flexibility index (Phi) is 8.39. The van der Waals surface area contributed by atoms with E-state index in [1.54, 1.807) is 27.7 Å². The fraction of sp³-hybridized carbons (Fsp3) is 0.444. The lowest BCUT2D eigenvalue weighted by Gasteiger charge is -2.41. The van der Waals surface area contributed by atoms with Crippen LogP contribution in [0.25, 0.3) is 0 Å². The van der Waals surface area contributed by atoms with Gasteiger partial charge in [0.15, 0.2) is 0 Å². The Hall–Kier alpha value is -2.99. The van der Waals surface area contributed by atoms with Gasteiger partial charge in [0.2, 0.25) is 0 Å². The highest BCUT2D eigenvalue weighted by atomic mass is 16.5. The van der Waals surface area contributed by atoms with Crippen molar-refractivity contribution in [2.24, 2.45) is 11.8 Å². The molecule has 4 atom stereocenters. The van der Waals surface area contributed by atoms with Gasteiger partial charge >= 0.3 is 11.9 Å². The lowest BCUT2D eigenvalue weighted by molar-refractivity contribution is -0.155. The molecule has 3 rings (SSSR count). The first-order chi connectivity index (χ1) is 15.8. The van der Waals surface area contributed by atoms with E-state index in [-0.39, 0.29) is 42.9 Å². The van der Waals surface area contributed by atoms with Crippen molar-refractivity contribution in [3.8, 4) is 0 Å². The number of hydrogen-bond donors (Lipinski definition) is 1. The third-order valence-corrected chi connectivity index (χ3v) is 5.72. The first-order valence-corrected chi connectivity index (χ1v) is 11.5. The van der Waals surface area contributed by atoms with Gasteiger partial charge in [0, 0.05) is 23.9 Å². The van der Waals surface area contributed by atoms with Gasteiger partial charge in [0.05, 0.1) is 25.0 Å². The summed E-state index contributed by atoms with van der Waals surface area (Å²) in [5.74, 6) is -2.29. The fourth-order valence-electron chi connectivity index (χ4n) is 4.43. The molecule has 0 bridgehead atoms. The topological polar surface area (TPSA) is 81.7 Å². The Morgan fingerprint density at radius 1 is 0.727 bits per heavy atom. The van der Waals surface area contributed by atoms with Crippen LogP contribution >= 0.6 is 0 Å². The predicted molar refractivity (Wildman–Crippen MR) is 125 cm³/mol. The zero-order valence-electron chi connectivity index (χ0n) is 19.7. The van der Waals surface area contributed by atoms with Crippen LogP contribution in [-0.4, -0.2) is 29.9 Å². The minimum Gasteiger partial charge on any atom is -0.463 e. The number of rotatable bonds is 8. The highest BCUT2D eigenvalue weighted by Crippen LogP contribution is 2.41. The standard InChI is InChI=1S/C27H33NO5/c1-17(2)32-23(29)15-21-25(19-11-7-5-8-12-19)28-26(20-13-9-6-10-14-20)22(27(21)31)16-24(30)33-18(3)4/h5-14,17-18,21-22,25-26,28H,15-16H2,1-4H3. The van der Waals surface area contributed by atoms with Crippen molar-refractivity contribution >= 4 is 17.7 Å². The number of piperidine rings is 1. The summed E-state index contributed by atoms with van der Waals surface area (Å²) in [6.07, 6.45) is -0.650. The maximum absolute atomic E-state index is 13.9. The first-order valence-electron chi connectivity index (χ1n) is 11.5. The van der Waals surface area contributed by atoms with Crippen LogP contribution in [0.2, 0.25) is 0 Å². The van der Waals surface area contributed by atoms with E-state index in [1.807, 2.05) is 60.7 Å². The molecule has 1 aliphatic rings. The van der Waals surface area contributed by atoms with Crippen LogP contribution in [0.15, 0.2) is 60.7 Å². The summed E-state index contributed by atoms with van der Waals surface area (Å²) >= 11 is 0. The number of hydrogen-bond acceptors (Lipinski definition) is 6. The first kappa shape index (κ1) is 24.6. The fourth-order valence-corrected chi connectivity index (χ4v) is 4.43. The minimum absolute atomic E-state index is 0.0547. The minimum atomic E-state index is -0.657. The van der Waals surface area contributed by atoms with Gasteiger partial charge in [-0.2, -0.15) is 0 Å². The van der Waals surface area contributed by atoms with Crippen LogP contribution in [0, 0.1) is 11.8 Å². The molecule has 1 fully saturated rings. The molecule has 0 spiro atoms. The molecule has 4 unspecified atom stereocenters. The van der Waals surface area contributed by atoms with E-state index >= 15 is 0 Å². The maximum atomic E-state index is 13.9.